The van der Waals surface area contributed by atoms with Gasteiger partial charge in [-0.25, -0.2) is 0 Å². The van der Waals surface area contributed by atoms with Crippen molar-refractivity contribution in [2.24, 2.45) is 0 Å². The molecule has 2 aromatic rings. The zero-order chi connectivity index (χ0) is 17.8. The monoisotopic (exact) mass is 344 g/mol. The standard InChI is InChI=1S/C18H24N4O3/c1-13(18-20-19-14(2)25-18)21-7-9-22(10-8-21)17(23)12-15-5-4-6-16(11-15)24-3/h4-6,11,13H,7-10,12H2,1-3H3/t13-/m0/s1. The molecule has 7 nitrogen and oxygen atoms in total. The first-order valence-corrected chi connectivity index (χ1v) is 8.51. The lowest BCUT2D eigenvalue weighted by atomic mass is 10.1. The molecule has 1 aromatic heterocycles. The average Bonchev–Trinajstić information content (AvgIpc) is 3.07. The highest BCUT2D eigenvalue weighted by Crippen LogP contribution is 2.21. The van der Waals surface area contributed by atoms with Crippen molar-refractivity contribution >= 4 is 5.91 Å². The van der Waals surface area contributed by atoms with Gasteiger partial charge in [0.2, 0.25) is 17.7 Å². The number of methoxy groups -OCH3 is 1. The van der Waals surface area contributed by atoms with E-state index < -0.39 is 0 Å². The molecule has 1 saturated heterocycles. The second-order valence-corrected chi connectivity index (χ2v) is 6.28. The topological polar surface area (TPSA) is 71.7 Å². The molecule has 1 aliphatic heterocycles. The summed E-state index contributed by atoms with van der Waals surface area (Å²) in [7, 11) is 1.63. The van der Waals surface area contributed by atoms with Crippen molar-refractivity contribution in [1.82, 2.24) is 20.0 Å². The van der Waals surface area contributed by atoms with Crippen LogP contribution in [0, 0.1) is 6.92 Å². The van der Waals surface area contributed by atoms with E-state index in [1.54, 1.807) is 14.0 Å². The van der Waals surface area contributed by atoms with Crippen molar-refractivity contribution in [2.75, 3.05) is 33.3 Å². The molecule has 1 fully saturated rings. The average molecular weight is 344 g/mol. The third-order valence-electron chi connectivity index (χ3n) is 4.60. The van der Waals surface area contributed by atoms with Gasteiger partial charge in [0.1, 0.15) is 5.75 Å². The van der Waals surface area contributed by atoms with Crippen LogP contribution in [0.2, 0.25) is 0 Å². The fourth-order valence-corrected chi connectivity index (χ4v) is 3.06. The summed E-state index contributed by atoms with van der Waals surface area (Å²) in [4.78, 5) is 16.7. The molecule has 0 unspecified atom stereocenters. The normalized spacial score (nSPS) is 16.7. The Hall–Kier alpha value is -2.41. The molecule has 0 aliphatic carbocycles. The number of nitrogens with zero attached hydrogens (tertiary/aromatic N) is 4. The van der Waals surface area contributed by atoms with Crippen LogP contribution in [0.25, 0.3) is 0 Å². The number of piperazine rings is 1. The van der Waals surface area contributed by atoms with Crippen LogP contribution in [0.4, 0.5) is 0 Å². The Kier molecular flexibility index (Phi) is 5.33. The van der Waals surface area contributed by atoms with E-state index in [-0.39, 0.29) is 11.9 Å². The van der Waals surface area contributed by atoms with E-state index in [4.69, 9.17) is 9.15 Å². The number of carbonyl (C=O) groups is 1. The summed E-state index contributed by atoms with van der Waals surface area (Å²) < 4.78 is 10.7. The zero-order valence-corrected chi connectivity index (χ0v) is 14.9. The Morgan fingerprint density at radius 3 is 2.68 bits per heavy atom. The molecule has 0 spiro atoms. The van der Waals surface area contributed by atoms with Gasteiger partial charge in [0.05, 0.1) is 19.6 Å². The lowest BCUT2D eigenvalue weighted by Gasteiger charge is -2.37. The molecule has 0 bridgehead atoms. The van der Waals surface area contributed by atoms with Crippen LogP contribution in [0.1, 0.15) is 30.3 Å². The Morgan fingerprint density at radius 1 is 1.28 bits per heavy atom. The van der Waals surface area contributed by atoms with Gasteiger partial charge in [-0.1, -0.05) is 12.1 Å². The number of carbonyl (C=O) groups excluding carboxylic acids is 1. The molecule has 25 heavy (non-hydrogen) atoms. The highest BCUT2D eigenvalue weighted by atomic mass is 16.5. The van der Waals surface area contributed by atoms with Gasteiger partial charge in [-0.2, -0.15) is 0 Å². The summed E-state index contributed by atoms with van der Waals surface area (Å²) in [5.74, 6) is 2.13. The Labute approximate surface area is 147 Å². The molecule has 0 N–H and O–H groups in total. The lowest BCUT2D eigenvalue weighted by molar-refractivity contribution is -0.132. The Bertz CT molecular complexity index is 723. The summed E-state index contributed by atoms with van der Waals surface area (Å²) in [5.41, 5.74) is 0.974. The van der Waals surface area contributed by atoms with Crippen LogP contribution < -0.4 is 4.74 Å². The molecule has 3 rings (SSSR count). The van der Waals surface area contributed by atoms with E-state index in [0.717, 1.165) is 24.4 Å². The van der Waals surface area contributed by atoms with Crippen LogP contribution in [0.3, 0.4) is 0 Å². The lowest BCUT2D eigenvalue weighted by Crippen LogP contribution is -2.49. The van der Waals surface area contributed by atoms with E-state index in [1.807, 2.05) is 29.2 Å². The minimum absolute atomic E-state index is 0.0665. The molecule has 1 aliphatic rings. The number of amides is 1. The SMILES string of the molecule is COc1cccc(CC(=O)N2CCN([C@@H](C)c3nnc(C)o3)CC2)c1. The molecule has 1 atom stereocenters. The van der Waals surface area contributed by atoms with Gasteiger partial charge in [0, 0.05) is 33.1 Å². The second kappa shape index (κ2) is 7.65. The quantitative estimate of drug-likeness (QED) is 0.824. The first-order valence-electron chi connectivity index (χ1n) is 8.51. The highest BCUT2D eigenvalue weighted by Gasteiger charge is 2.27. The number of ether oxygens (including phenoxy) is 1. The van der Waals surface area contributed by atoms with E-state index >= 15 is 0 Å². The van der Waals surface area contributed by atoms with Gasteiger partial charge < -0.3 is 14.1 Å². The van der Waals surface area contributed by atoms with Crippen molar-refractivity contribution in [3.8, 4) is 5.75 Å². The smallest absolute Gasteiger partial charge is 0.233 e. The largest absolute Gasteiger partial charge is 0.497 e. The van der Waals surface area contributed by atoms with Crippen LogP contribution >= 0.6 is 0 Å². The number of rotatable bonds is 5. The third kappa shape index (κ3) is 4.17. The van der Waals surface area contributed by atoms with Gasteiger partial charge in [-0.3, -0.25) is 9.69 Å². The summed E-state index contributed by atoms with van der Waals surface area (Å²) in [6, 6.07) is 7.72. The first kappa shape index (κ1) is 17.4. The summed E-state index contributed by atoms with van der Waals surface area (Å²) in [5, 5.41) is 7.99. The van der Waals surface area contributed by atoms with Crippen molar-refractivity contribution in [3.05, 3.63) is 41.6 Å². The summed E-state index contributed by atoms with van der Waals surface area (Å²) in [6.45, 7) is 6.86. The predicted molar refractivity (Wildman–Crippen MR) is 92.3 cm³/mol. The maximum Gasteiger partial charge on any atom is 0.233 e. The fraction of sp³-hybridized carbons (Fsp3) is 0.500. The molecule has 7 heteroatoms. The second-order valence-electron chi connectivity index (χ2n) is 6.28. The minimum Gasteiger partial charge on any atom is -0.497 e. The highest BCUT2D eigenvalue weighted by molar-refractivity contribution is 5.79. The zero-order valence-electron chi connectivity index (χ0n) is 14.9. The Morgan fingerprint density at radius 2 is 2.04 bits per heavy atom. The van der Waals surface area contributed by atoms with E-state index in [2.05, 4.69) is 22.0 Å². The number of hydrogen-bond acceptors (Lipinski definition) is 6. The van der Waals surface area contributed by atoms with E-state index in [9.17, 15) is 4.79 Å². The molecule has 2 heterocycles. The van der Waals surface area contributed by atoms with Crippen molar-refractivity contribution in [1.29, 1.82) is 0 Å². The van der Waals surface area contributed by atoms with Crippen molar-refractivity contribution in [2.45, 2.75) is 26.3 Å². The van der Waals surface area contributed by atoms with E-state index in [0.29, 0.717) is 31.3 Å². The summed E-state index contributed by atoms with van der Waals surface area (Å²) >= 11 is 0. The van der Waals surface area contributed by atoms with Gasteiger partial charge in [0.15, 0.2) is 0 Å². The maximum atomic E-state index is 12.5. The minimum atomic E-state index is 0.0665. The van der Waals surface area contributed by atoms with Gasteiger partial charge >= 0.3 is 0 Å². The number of benzene rings is 1. The molecule has 1 amide bonds. The molecule has 134 valence electrons. The number of hydrogen-bond donors (Lipinski definition) is 0. The molecule has 0 saturated carbocycles. The van der Waals surface area contributed by atoms with Gasteiger partial charge in [-0.05, 0) is 24.6 Å². The molecular formula is C18H24N4O3. The molecular weight excluding hydrogens is 320 g/mol. The van der Waals surface area contributed by atoms with Crippen LogP contribution in [-0.4, -0.2) is 59.2 Å². The summed E-state index contributed by atoms with van der Waals surface area (Å²) in [6.07, 6.45) is 0.398. The molecule has 0 radical (unpaired) electrons. The van der Waals surface area contributed by atoms with Crippen molar-refractivity contribution in [3.63, 3.8) is 0 Å². The third-order valence-corrected chi connectivity index (χ3v) is 4.60. The molecule has 1 aromatic carbocycles. The number of aryl methyl sites for hydroxylation is 1. The van der Waals surface area contributed by atoms with Crippen LogP contribution in [0.5, 0.6) is 5.75 Å². The maximum absolute atomic E-state index is 12.5. The predicted octanol–water partition coefficient (Wildman–Crippen LogP) is 1.83. The fourth-order valence-electron chi connectivity index (χ4n) is 3.06. The Balaban J connectivity index is 1.53. The van der Waals surface area contributed by atoms with Crippen LogP contribution in [0.15, 0.2) is 28.7 Å². The van der Waals surface area contributed by atoms with E-state index in [1.165, 1.54) is 0 Å². The van der Waals surface area contributed by atoms with Gasteiger partial charge in [0.25, 0.3) is 0 Å². The number of aromatic nitrogens is 2. The van der Waals surface area contributed by atoms with Gasteiger partial charge in [-0.15, -0.1) is 10.2 Å². The van der Waals surface area contributed by atoms with Crippen molar-refractivity contribution < 1.29 is 13.9 Å². The first-order chi connectivity index (χ1) is 12.1. The van der Waals surface area contributed by atoms with Crippen LogP contribution in [-0.2, 0) is 11.2 Å².